The number of carbonyl (C=O) groups is 1. The van der Waals surface area contributed by atoms with E-state index in [1.54, 1.807) is 29.7 Å². The standard InChI is InChI=1S/C10H16N4OS/c1-7-6-8(14(3)12-7)10(15)13(2)5-4-9(11)16/h6H,4-5H2,1-3H3,(H2,11,16). The van der Waals surface area contributed by atoms with Crippen LogP contribution >= 0.6 is 12.2 Å². The van der Waals surface area contributed by atoms with Crippen LogP contribution in [0.5, 0.6) is 0 Å². The first kappa shape index (κ1) is 12.6. The molecule has 1 rings (SSSR count). The van der Waals surface area contributed by atoms with Crippen molar-refractivity contribution in [2.75, 3.05) is 13.6 Å². The lowest BCUT2D eigenvalue weighted by molar-refractivity contribution is 0.0788. The number of amides is 1. The fraction of sp³-hybridized carbons (Fsp3) is 0.500. The second-order valence-electron chi connectivity index (χ2n) is 3.74. The third-order valence-electron chi connectivity index (χ3n) is 2.26. The third-order valence-corrected chi connectivity index (χ3v) is 2.47. The zero-order valence-corrected chi connectivity index (χ0v) is 10.5. The van der Waals surface area contributed by atoms with Gasteiger partial charge in [0.05, 0.1) is 10.7 Å². The van der Waals surface area contributed by atoms with Gasteiger partial charge in [0.25, 0.3) is 5.91 Å². The number of nitrogens with two attached hydrogens (primary N) is 1. The Balaban J connectivity index is 2.70. The minimum atomic E-state index is -0.0700. The van der Waals surface area contributed by atoms with E-state index in [0.717, 1.165) is 5.69 Å². The molecule has 0 aliphatic carbocycles. The number of carbonyl (C=O) groups excluding carboxylic acids is 1. The van der Waals surface area contributed by atoms with Crippen LogP contribution in [0.25, 0.3) is 0 Å². The molecular weight excluding hydrogens is 224 g/mol. The van der Waals surface area contributed by atoms with Crippen molar-refractivity contribution in [1.29, 1.82) is 0 Å². The number of aryl methyl sites for hydroxylation is 2. The van der Waals surface area contributed by atoms with E-state index in [4.69, 9.17) is 18.0 Å². The van der Waals surface area contributed by atoms with Crippen LogP contribution in [0.3, 0.4) is 0 Å². The minimum absolute atomic E-state index is 0.0700. The zero-order chi connectivity index (χ0) is 12.3. The molecule has 2 N–H and O–H groups in total. The first-order valence-corrected chi connectivity index (χ1v) is 5.37. The van der Waals surface area contributed by atoms with E-state index in [0.29, 0.717) is 23.6 Å². The zero-order valence-electron chi connectivity index (χ0n) is 9.73. The summed E-state index contributed by atoms with van der Waals surface area (Å²) < 4.78 is 1.58. The van der Waals surface area contributed by atoms with Crippen molar-refractivity contribution >= 4 is 23.1 Å². The second-order valence-corrected chi connectivity index (χ2v) is 4.26. The Labute approximate surface area is 100 Å². The molecule has 6 heteroatoms. The van der Waals surface area contributed by atoms with E-state index < -0.39 is 0 Å². The van der Waals surface area contributed by atoms with Gasteiger partial charge in [0.2, 0.25) is 0 Å². The second kappa shape index (κ2) is 5.07. The molecule has 0 aliphatic heterocycles. The topological polar surface area (TPSA) is 64.2 Å². The molecule has 0 saturated heterocycles. The molecule has 0 atom stereocenters. The van der Waals surface area contributed by atoms with Gasteiger partial charge in [0.15, 0.2) is 0 Å². The van der Waals surface area contributed by atoms with Gasteiger partial charge in [0.1, 0.15) is 5.69 Å². The lowest BCUT2D eigenvalue weighted by Crippen LogP contribution is -2.31. The summed E-state index contributed by atoms with van der Waals surface area (Å²) in [4.78, 5) is 14.0. The highest BCUT2D eigenvalue weighted by molar-refractivity contribution is 7.80. The fourth-order valence-electron chi connectivity index (χ4n) is 1.39. The predicted molar refractivity (Wildman–Crippen MR) is 66.3 cm³/mol. The van der Waals surface area contributed by atoms with Crippen LogP contribution in [0.15, 0.2) is 6.07 Å². The molecule has 5 nitrogen and oxygen atoms in total. The first-order chi connectivity index (χ1) is 7.41. The molecule has 0 aromatic carbocycles. The van der Waals surface area contributed by atoms with E-state index in [1.165, 1.54) is 0 Å². The molecule has 88 valence electrons. The molecule has 0 radical (unpaired) electrons. The summed E-state index contributed by atoms with van der Waals surface area (Å²) >= 11 is 4.77. The maximum Gasteiger partial charge on any atom is 0.271 e. The van der Waals surface area contributed by atoms with E-state index >= 15 is 0 Å². The Morgan fingerprint density at radius 3 is 2.75 bits per heavy atom. The average molecular weight is 240 g/mol. The van der Waals surface area contributed by atoms with Crippen molar-refractivity contribution in [1.82, 2.24) is 14.7 Å². The number of hydrogen-bond acceptors (Lipinski definition) is 3. The number of thiocarbonyl (C=S) groups is 1. The van der Waals surface area contributed by atoms with Crippen molar-refractivity contribution in [3.05, 3.63) is 17.5 Å². The lowest BCUT2D eigenvalue weighted by atomic mass is 10.3. The first-order valence-electron chi connectivity index (χ1n) is 4.96. The van der Waals surface area contributed by atoms with Gasteiger partial charge in [0, 0.05) is 27.1 Å². The molecule has 0 bridgehead atoms. The Hall–Kier alpha value is -1.43. The van der Waals surface area contributed by atoms with Crippen LogP contribution in [0.4, 0.5) is 0 Å². The number of hydrogen-bond donors (Lipinski definition) is 1. The number of nitrogens with zero attached hydrogens (tertiary/aromatic N) is 3. The lowest BCUT2D eigenvalue weighted by Gasteiger charge is -2.16. The van der Waals surface area contributed by atoms with Gasteiger partial charge in [-0.15, -0.1) is 0 Å². The molecule has 1 amide bonds. The van der Waals surface area contributed by atoms with Crippen molar-refractivity contribution in [2.24, 2.45) is 12.8 Å². The highest BCUT2D eigenvalue weighted by atomic mass is 32.1. The summed E-state index contributed by atoms with van der Waals surface area (Å²) in [7, 11) is 3.48. The van der Waals surface area contributed by atoms with Crippen molar-refractivity contribution < 1.29 is 4.79 Å². The summed E-state index contributed by atoms with van der Waals surface area (Å²) in [6.45, 7) is 2.38. The summed E-state index contributed by atoms with van der Waals surface area (Å²) in [6, 6.07) is 1.76. The van der Waals surface area contributed by atoms with Crippen LogP contribution in [-0.2, 0) is 7.05 Å². The minimum Gasteiger partial charge on any atom is -0.393 e. The van der Waals surface area contributed by atoms with Gasteiger partial charge in [-0.25, -0.2) is 0 Å². The SMILES string of the molecule is Cc1cc(C(=O)N(C)CCC(N)=S)n(C)n1. The Morgan fingerprint density at radius 1 is 1.69 bits per heavy atom. The summed E-state index contributed by atoms with van der Waals surface area (Å²) in [5.41, 5.74) is 6.79. The smallest absolute Gasteiger partial charge is 0.271 e. The van der Waals surface area contributed by atoms with Crippen LogP contribution < -0.4 is 5.73 Å². The van der Waals surface area contributed by atoms with Gasteiger partial charge in [-0.1, -0.05) is 12.2 Å². The van der Waals surface area contributed by atoms with E-state index in [1.807, 2.05) is 6.92 Å². The van der Waals surface area contributed by atoms with Gasteiger partial charge >= 0.3 is 0 Å². The Morgan fingerprint density at radius 2 is 2.31 bits per heavy atom. The molecule has 1 aromatic rings. The molecule has 1 heterocycles. The molecule has 0 saturated carbocycles. The Bertz CT molecular complexity index is 413. The highest BCUT2D eigenvalue weighted by Crippen LogP contribution is 2.05. The molecule has 0 fully saturated rings. The molecular formula is C10H16N4OS. The molecule has 16 heavy (non-hydrogen) atoms. The van der Waals surface area contributed by atoms with E-state index in [9.17, 15) is 4.79 Å². The normalized spacial score (nSPS) is 10.2. The average Bonchev–Trinajstić information content (AvgIpc) is 2.53. The van der Waals surface area contributed by atoms with Gasteiger partial charge in [-0.05, 0) is 13.0 Å². The summed E-state index contributed by atoms with van der Waals surface area (Å²) in [6.07, 6.45) is 0.536. The van der Waals surface area contributed by atoms with Crippen molar-refractivity contribution in [3.63, 3.8) is 0 Å². The Kier molecular flexibility index (Phi) is 4.00. The number of aromatic nitrogens is 2. The van der Waals surface area contributed by atoms with Crippen molar-refractivity contribution in [3.8, 4) is 0 Å². The van der Waals surface area contributed by atoms with Gasteiger partial charge in [-0.2, -0.15) is 5.10 Å². The van der Waals surface area contributed by atoms with Crippen LogP contribution in [-0.4, -0.2) is 39.2 Å². The monoisotopic (exact) mass is 240 g/mol. The largest absolute Gasteiger partial charge is 0.393 e. The molecule has 0 aliphatic rings. The van der Waals surface area contributed by atoms with Crippen molar-refractivity contribution in [2.45, 2.75) is 13.3 Å². The van der Waals surface area contributed by atoms with Gasteiger partial charge in [-0.3, -0.25) is 9.48 Å². The van der Waals surface area contributed by atoms with Gasteiger partial charge < -0.3 is 10.6 Å². The third kappa shape index (κ3) is 3.03. The number of rotatable bonds is 4. The molecule has 0 unspecified atom stereocenters. The maximum absolute atomic E-state index is 12.0. The van der Waals surface area contributed by atoms with E-state index in [-0.39, 0.29) is 5.91 Å². The fourth-order valence-corrected chi connectivity index (χ4v) is 1.48. The quantitative estimate of drug-likeness (QED) is 0.777. The van der Waals surface area contributed by atoms with Crippen LogP contribution in [0.1, 0.15) is 22.6 Å². The maximum atomic E-state index is 12.0. The predicted octanol–water partition coefficient (Wildman–Crippen LogP) is 0.477. The summed E-state index contributed by atoms with van der Waals surface area (Å²) in [5, 5.41) is 4.13. The van der Waals surface area contributed by atoms with Crippen LogP contribution in [0.2, 0.25) is 0 Å². The molecule has 0 spiro atoms. The van der Waals surface area contributed by atoms with E-state index in [2.05, 4.69) is 5.10 Å². The molecule has 1 aromatic heterocycles. The van der Waals surface area contributed by atoms with Crippen LogP contribution in [0, 0.1) is 6.92 Å². The highest BCUT2D eigenvalue weighted by Gasteiger charge is 2.16. The summed E-state index contributed by atoms with van der Waals surface area (Å²) in [5.74, 6) is -0.0700.